The fourth-order valence-electron chi connectivity index (χ4n) is 2.51. The minimum absolute atomic E-state index is 0.160. The lowest BCUT2D eigenvalue weighted by molar-refractivity contribution is -0.144. The molecule has 1 aromatic carbocycles. The number of aryl methyl sites for hydroxylation is 1. The van der Waals surface area contributed by atoms with Crippen LogP contribution >= 0.6 is 0 Å². The first kappa shape index (κ1) is 12.8. The van der Waals surface area contributed by atoms with E-state index in [0.717, 1.165) is 18.4 Å². The van der Waals surface area contributed by atoms with Gasteiger partial charge in [-0.25, -0.2) is 0 Å². The fourth-order valence-corrected chi connectivity index (χ4v) is 2.51. The van der Waals surface area contributed by atoms with Gasteiger partial charge >= 0.3 is 5.97 Å². The van der Waals surface area contributed by atoms with Crippen LogP contribution < -0.4 is 0 Å². The zero-order valence-electron chi connectivity index (χ0n) is 10.6. The van der Waals surface area contributed by atoms with E-state index in [2.05, 4.69) is 0 Å². The highest BCUT2D eigenvalue weighted by molar-refractivity contribution is 5.90. The maximum atomic E-state index is 12.1. The second-order valence-electron chi connectivity index (χ2n) is 4.58. The predicted octanol–water partition coefficient (Wildman–Crippen LogP) is 2.63. The number of esters is 1. The van der Waals surface area contributed by atoms with E-state index in [1.807, 2.05) is 24.3 Å². The zero-order valence-corrected chi connectivity index (χ0v) is 10.6. The second-order valence-corrected chi connectivity index (χ2v) is 4.58. The molecule has 0 fully saturated rings. The van der Waals surface area contributed by atoms with Crippen molar-refractivity contribution in [3.8, 4) is 0 Å². The summed E-state index contributed by atoms with van der Waals surface area (Å²) in [5.74, 6) is -0.441. The van der Waals surface area contributed by atoms with Crippen molar-refractivity contribution in [3.05, 3.63) is 35.4 Å². The molecule has 3 nitrogen and oxygen atoms in total. The number of ketones is 1. The summed E-state index contributed by atoms with van der Waals surface area (Å²) < 4.78 is 4.96. The van der Waals surface area contributed by atoms with Gasteiger partial charge in [-0.1, -0.05) is 24.3 Å². The maximum Gasteiger partial charge on any atom is 0.306 e. The van der Waals surface area contributed by atoms with E-state index in [9.17, 15) is 9.59 Å². The molecule has 0 aromatic heterocycles. The van der Waals surface area contributed by atoms with Crippen LogP contribution in [0.15, 0.2) is 24.3 Å². The van der Waals surface area contributed by atoms with Crippen LogP contribution in [0.25, 0.3) is 0 Å². The summed E-state index contributed by atoms with van der Waals surface area (Å²) >= 11 is 0. The largest absolute Gasteiger partial charge is 0.466 e. The number of benzene rings is 1. The van der Waals surface area contributed by atoms with E-state index < -0.39 is 0 Å². The van der Waals surface area contributed by atoms with E-state index in [4.69, 9.17) is 4.74 Å². The number of Topliss-reactive ketones (excluding diaryl/α,β-unsaturated/α-hetero) is 1. The first-order valence-corrected chi connectivity index (χ1v) is 6.48. The van der Waals surface area contributed by atoms with E-state index >= 15 is 0 Å². The molecule has 0 bridgehead atoms. The fraction of sp³-hybridized carbons (Fsp3) is 0.467. The van der Waals surface area contributed by atoms with Crippen LogP contribution in [0.1, 0.15) is 43.2 Å². The van der Waals surface area contributed by atoms with Gasteiger partial charge in [0.15, 0.2) is 0 Å². The highest BCUT2D eigenvalue weighted by atomic mass is 16.5. The number of fused-ring (bicyclic) bond motifs is 1. The van der Waals surface area contributed by atoms with Crippen molar-refractivity contribution in [2.24, 2.45) is 0 Å². The minimum atomic E-state index is -0.317. The van der Waals surface area contributed by atoms with Crippen LogP contribution in [-0.2, 0) is 20.7 Å². The number of carbonyl (C=O) groups is 2. The van der Waals surface area contributed by atoms with Gasteiger partial charge < -0.3 is 4.74 Å². The van der Waals surface area contributed by atoms with Gasteiger partial charge in [0.25, 0.3) is 0 Å². The Morgan fingerprint density at radius 3 is 2.89 bits per heavy atom. The quantitative estimate of drug-likeness (QED) is 0.608. The molecule has 1 aliphatic rings. The smallest absolute Gasteiger partial charge is 0.306 e. The molecule has 0 aliphatic heterocycles. The molecule has 0 N–H and O–H groups in total. The van der Waals surface area contributed by atoms with E-state index in [0.29, 0.717) is 13.0 Å². The van der Waals surface area contributed by atoms with Crippen molar-refractivity contribution in [1.29, 1.82) is 0 Å². The van der Waals surface area contributed by atoms with E-state index in [-0.39, 0.29) is 24.1 Å². The molecule has 0 amide bonds. The summed E-state index contributed by atoms with van der Waals surface area (Å²) in [6.45, 7) is 2.14. The number of hydrogen-bond donors (Lipinski definition) is 0. The minimum Gasteiger partial charge on any atom is -0.466 e. The lowest BCUT2D eigenvalue weighted by Crippen LogP contribution is -2.17. The molecule has 3 heteroatoms. The first-order chi connectivity index (χ1) is 8.72. The Labute approximate surface area is 107 Å². The molecular weight excluding hydrogens is 228 g/mol. The monoisotopic (exact) mass is 246 g/mol. The summed E-state index contributed by atoms with van der Waals surface area (Å²) in [5.41, 5.74) is 2.20. The third kappa shape index (κ3) is 2.78. The van der Waals surface area contributed by atoms with Crippen LogP contribution in [0.5, 0.6) is 0 Å². The van der Waals surface area contributed by atoms with E-state index in [1.54, 1.807) is 6.92 Å². The highest BCUT2D eigenvalue weighted by Gasteiger charge is 2.28. The Morgan fingerprint density at radius 2 is 2.11 bits per heavy atom. The molecule has 0 unspecified atom stereocenters. The van der Waals surface area contributed by atoms with Crippen molar-refractivity contribution in [1.82, 2.24) is 0 Å². The molecule has 0 radical (unpaired) electrons. The standard InChI is InChI=1S/C15H18O3/c1-2-18-15(17)10-13-12-8-4-3-6-11(12)7-5-9-14(13)16/h3-4,6,8,13H,2,5,7,9-10H2,1H3/t13-/m0/s1. The Hall–Kier alpha value is -1.64. The molecule has 1 atom stereocenters. The Morgan fingerprint density at radius 1 is 1.33 bits per heavy atom. The zero-order chi connectivity index (χ0) is 13.0. The van der Waals surface area contributed by atoms with Gasteiger partial charge in [-0.05, 0) is 30.9 Å². The van der Waals surface area contributed by atoms with Gasteiger partial charge in [0.05, 0.1) is 18.9 Å². The maximum absolute atomic E-state index is 12.1. The number of hydrogen-bond acceptors (Lipinski definition) is 3. The van der Waals surface area contributed by atoms with Gasteiger partial charge in [-0.3, -0.25) is 9.59 Å². The summed E-state index contributed by atoms with van der Waals surface area (Å²) in [6, 6.07) is 7.92. The molecule has 2 rings (SSSR count). The van der Waals surface area contributed by atoms with Gasteiger partial charge in [-0.15, -0.1) is 0 Å². The number of carbonyl (C=O) groups excluding carboxylic acids is 2. The Kier molecular flexibility index (Phi) is 4.13. The summed E-state index contributed by atoms with van der Waals surface area (Å²) in [5, 5.41) is 0. The highest BCUT2D eigenvalue weighted by Crippen LogP contribution is 2.30. The first-order valence-electron chi connectivity index (χ1n) is 6.48. The Bertz CT molecular complexity index is 451. The Balaban J connectivity index is 2.25. The van der Waals surface area contributed by atoms with Crippen LogP contribution in [0.2, 0.25) is 0 Å². The third-order valence-corrected chi connectivity index (χ3v) is 3.36. The number of ether oxygens (including phenoxy) is 1. The molecule has 1 aliphatic carbocycles. The van der Waals surface area contributed by atoms with Gasteiger partial charge in [0, 0.05) is 6.42 Å². The SMILES string of the molecule is CCOC(=O)C[C@@H]1C(=O)CCCc2ccccc21. The predicted molar refractivity (Wildman–Crippen MR) is 68.4 cm³/mol. The lowest BCUT2D eigenvalue weighted by Gasteiger charge is -2.15. The van der Waals surface area contributed by atoms with Crippen LogP contribution in [-0.4, -0.2) is 18.4 Å². The average molecular weight is 246 g/mol. The van der Waals surface area contributed by atoms with Crippen LogP contribution in [0.3, 0.4) is 0 Å². The van der Waals surface area contributed by atoms with Gasteiger partial charge in [-0.2, -0.15) is 0 Å². The van der Waals surface area contributed by atoms with Crippen molar-refractivity contribution >= 4 is 11.8 Å². The molecule has 0 spiro atoms. The summed E-state index contributed by atoms with van der Waals surface area (Å²) in [7, 11) is 0. The van der Waals surface area contributed by atoms with E-state index in [1.165, 1.54) is 5.56 Å². The van der Waals surface area contributed by atoms with Crippen molar-refractivity contribution in [2.45, 2.75) is 38.5 Å². The molecule has 0 heterocycles. The van der Waals surface area contributed by atoms with Crippen molar-refractivity contribution in [3.63, 3.8) is 0 Å². The topological polar surface area (TPSA) is 43.4 Å². The molecule has 0 saturated heterocycles. The molecule has 96 valence electrons. The number of rotatable bonds is 3. The normalized spacial score (nSPS) is 18.9. The molecular formula is C15H18O3. The molecule has 1 aromatic rings. The third-order valence-electron chi connectivity index (χ3n) is 3.36. The van der Waals surface area contributed by atoms with Gasteiger partial charge in [0.1, 0.15) is 5.78 Å². The van der Waals surface area contributed by atoms with Crippen molar-refractivity contribution in [2.75, 3.05) is 6.61 Å². The molecule has 0 saturated carbocycles. The summed E-state index contributed by atoms with van der Waals surface area (Å²) in [4.78, 5) is 23.7. The van der Waals surface area contributed by atoms with Crippen LogP contribution in [0.4, 0.5) is 0 Å². The molecule has 18 heavy (non-hydrogen) atoms. The average Bonchev–Trinajstić information content (AvgIpc) is 2.51. The van der Waals surface area contributed by atoms with Crippen molar-refractivity contribution < 1.29 is 14.3 Å². The van der Waals surface area contributed by atoms with Crippen LogP contribution in [0, 0.1) is 0 Å². The van der Waals surface area contributed by atoms with Gasteiger partial charge in [0.2, 0.25) is 0 Å². The summed E-state index contributed by atoms with van der Waals surface area (Å²) in [6.07, 6.45) is 2.51. The lowest BCUT2D eigenvalue weighted by atomic mass is 9.89. The second kappa shape index (κ2) is 5.80.